The van der Waals surface area contributed by atoms with Crippen molar-refractivity contribution < 1.29 is 19.1 Å². The number of nitrogens with one attached hydrogen (secondary N) is 1. The molecule has 0 saturated heterocycles. The highest BCUT2D eigenvalue weighted by Crippen LogP contribution is 2.24. The van der Waals surface area contributed by atoms with Crippen molar-refractivity contribution in [3.63, 3.8) is 0 Å². The molecule has 5 nitrogen and oxygen atoms in total. The lowest BCUT2D eigenvalue weighted by Gasteiger charge is -2.18. The lowest BCUT2D eigenvalue weighted by atomic mass is 10.1. The Balaban J connectivity index is 2.05. The molecule has 23 heavy (non-hydrogen) atoms. The maximum Gasteiger partial charge on any atom is 0.408 e. The van der Waals surface area contributed by atoms with Crippen molar-refractivity contribution in [2.45, 2.75) is 12.6 Å². The van der Waals surface area contributed by atoms with Crippen LogP contribution in [0.3, 0.4) is 0 Å². The summed E-state index contributed by atoms with van der Waals surface area (Å²) < 4.78 is 10.6. The highest BCUT2D eigenvalue weighted by atomic mass is 79.9. The number of carbonyl (C=O) groups excluding carboxylic acids is 2. The highest BCUT2D eigenvalue weighted by Gasteiger charge is 2.26. The maximum absolute atomic E-state index is 12.0. The monoisotopic (exact) mass is 377 g/mol. The van der Waals surface area contributed by atoms with E-state index in [1.807, 2.05) is 36.4 Å². The van der Waals surface area contributed by atoms with E-state index >= 15 is 0 Å². The Hall–Kier alpha value is -2.34. The molecular weight excluding hydrogens is 362 g/mol. The first-order valence-corrected chi connectivity index (χ1v) is 7.70. The van der Waals surface area contributed by atoms with Crippen LogP contribution in [0.4, 0.5) is 4.79 Å². The molecule has 0 aromatic heterocycles. The van der Waals surface area contributed by atoms with Crippen LogP contribution in [0.25, 0.3) is 0 Å². The predicted octanol–water partition coefficient (Wildman–Crippen LogP) is 3.59. The van der Waals surface area contributed by atoms with E-state index in [2.05, 4.69) is 21.2 Å². The number of halogens is 1. The van der Waals surface area contributed by atoms with Gasteiger partial charge in [-0.1, -0.05) is 64.5 Å². The van der Waals surface area contributed by atoms with Gasteiger partial charge in [0, 0.05) is 4.47 Å². The van der Waals surface area contributed by atoms with Gasteiger partial charge in [0.1, 0.15) is 6.61 Å². The fourth-order valence-electron chi connectivity index (χ4n) is 1.97. The van der Waals surface area contributed by atoms with Gasteiger partial charge in [-0.15, -0.1) is 0 Å². The Kier molecular flexibility index (Phi) is 6.17. The first-order chi connectivity index (χ1) is 11.1. The molecule has 1 amide bonds. The summed E-state index contributed by atoms with van der Waals surface area (Å²) in [7, 11) is 1.27. The summed E-state index contributed by atoms with van der Waals surface area (Å²) in [6, 6.07) is 15.4. The molecule has 0 aliphatic rings. The minimum atomic E-state index is -0.946. The molecule has 2 rings (SSSR count). The van der Waals surface area contributed by atoms with Crippen molar-refractivity contribution in [1.82, 2.24) is 5.32 Å². The smallest absolute Gasteiger partial charge is 0.408 e. The molecule has 0 radical (unpaired) electrons. The van der Waals surface area contributed by atoms with E-state index in [1.165, 1.54) is 7.11 Å². The summed E-state index contributed by atoms with van der Waals surface area (Å²) in [5.74, 6) is -0.575. The maximum atomic E-state index is 12.0. The van der Waals surface area contributed by atoms with E-state index in [1.54, 1.807) is 18.2 Å². The summed E-state index contributed by atoms with van der Waals surface area (Å²) >= 11 is 3.36. The first kappa shape index (κ1) is 17.0. The van der Waals surface area contributed by atoms with Crippen molar-refractivity contribution in [3.8, 4) is 0 Å². The number of esters is 1. The SMILES string of the molecule is COC(=O)C(NC(=O)OCc1ccccc1)c1ccccc1Br. The molecule has 1 atom stereocenters. The molecule has 2 aromatic carbocycles. The number of methoxy groups -OCH3 is 1. The van der Waals surface area contributed by atoms with Crippen LogP contribution < -0.4 is 5.32 Å². The summed E-state index contributed by atoms with van der Waals surface area (Å²) in [5.41, 5.74) is 1.45. The van der Waals surface area contributed by atoms with Gasteiger partial charge in [-0.05, 0) is 17.2 Å². The Morgan fingerprint density at radius 1 is 1.09 bits per heavy atom. The summed E-state index contributed by atoms with van der Waals surface area (Å²) in [6.07, 6.45) is -0.694. The summed E-state index contributed by atoms with van der Waals surface area (Å²) in [5, 5.41) is 2.53. The zero-order chi connectivity index (χ0) is 16.7. The Labute approximate surface area is 142 Å². The van der Waals surface area contributed by atoms with Gasteiger partial charge in [0.2, 0.25) is 0 Å². The molecule has 120 valence electrons. The lowest BCUT2D eigenvalue weighted by molar-refractivity contribution is -0.143. The standard InChI is InChI=1S/C17H16BrNO4/c1-22-16(20)15(13-9-5-6-10-14(13)18)19-17(21)23-11-12-7-3-2-4-8-12/h2-10,15H,11H2,1H3,(H,19,21). The summed E-state index contributed by atoms with van der Waals surface area (Å²) in [6.45, 7) is 0.122. The average molecular weight is 378 g/mol. The van der Waals surface area contributed by atoms with Crippen LogP contribution in [0.15, 0.2) is 59.1 Å². The molecule has 1 unspecified atom stereocenters. The van der Waals surface area contributed by atoms with E-state index < -0.39 is 18.1 Å². The van der Waals surface area contributed by atoms with Crippen LogP contribution in [0, 0.1) is 0 Å². The second-order valence-electron chi connectivity index (χ2n) is 4.68. The van der Waals surface area contributed by atoms with Crippen molar-refractivity contribution in [3.05, 3.63) is 70.2 Å². The number of rotatable bonds is 5. The third-order valence-electron chi connectivity index (χ3n) is 3.13. The van der Waals surface area contributed by atoms with Crippen LogP contribution in [0.1, 0.15) is 17.2 Å². The number of carbonyl (C=O) groups is 2. The van der Waals surface area contributed by atoms with Crippen molar-refractivity contribution in [2.24, 2.45) is 0 Å². The third kappa shape index (κ3) is 4.82. The van der Waals surface area contributed by atoms with Crippen LogP contribution in [0.2, 0.25) is 0 Å². The van der Waals surface area contributed by atoms with Gasteiger partial charge in [-0.2, -0.15) is 0 Å². The number of amides is 1. The molecule has 0 saturated carbocycles. The van der Waals surface area contributed by atoms with Crippen molar-refractivity contribution in [1.29, 1.82) is 0 Å². The molecule has 1 N–H and O–H groups in total. The zero-order valence-corrected chi connectivity index (χ0v) is 14.1. The number of ether oxygens (including phenoxy) is 2. The minimum absolute atomic E-state index is 0.122. The molecule has 6 heteroatoms. The minimum Gasteiger partial charge on any atom is -0.467 e. The van der Waals surface area contributed by atoms with Gasteiger partial charge in [0.15, 0.2) is 6.04 Å². The number of hydrogen-bond acceptors (Lipinski definition) is 4. The summed E-state index contributed by atoms with van der Waals surface area (Å²) in [4.78, 5) is 23.9. The van der Waals surface area contributed by atoms with Gasteiger partial charge in [0.25, 0.3) is 0 Å². The van der Waals surface area contributed by atoms with E-state index in [0.29, 0.717) is 10.0 Å². The normalized spacial score (nSPS) is 11.4. The van der Waals surface area contributed by atoms with Crippen LogP contribution in [-0.4, -0.2) is 19.2 Å². The van der Waals surface area contributed by atoms with E-state index in [-0.39, 0.29) is 6.61 Å². The molecule has 0 aliphatic carbocycles. The predicted molar refractivity (Wildman–Crippen MR) is 88.7 cm³/mol. The van der Waals surface area contributed by atoms with Crippen LogP contribution >= 0.6 is 15.9 Å². The molecule has 0 bridgehead atoms. The molecule has 0 heterocycles. The lowest BCUT2D eigenvalue weighted by Crippen LogP contribution is -2.35. The molecule has 2 aromatic rings. The van der Waals surface area contributed by atoms with E-state index in [4.69, 9.17) is 9.47 Å². The fraction of sp³-hybridized carbons (Fsp3) is 0.176. The quantitative estimate of drug-likeness (QED) is 0.808. The van der Waals surface area contributed by atoms with Gasteiger partial charge in [-0.25, -0.2) is 9.59 Å². The molecular formula is C17H16BrNO4. The van der Waals surface area contributed by atoms with Crippen LogP contribution in [-0.2, 0) is 20.9 Å². The number of hydrogen-bond donors (Lipinski definition) is 1. The molecule has 0 aliphatic heterocycles. The fourth-order valence-corrected chi connectivity index (χ4v) is 2.49. The molecule has 0 spiro atoms. The van der Waals surface area contributed by atoms with Gasteiger partial charge >= 0.3 is 12.1 Å². The Bertz CT molecular complexity index is 675. The van der Waals surface area contributed by atoms with E-state index in [9.17, 15) is 9.59 Å². The van der Waals surface area contributed by atoms with Gasteiger partial charge in [0.05, 0.1) is 7.11 Å². The Morgan fingerprint density at radius 3 is 2.39 bits per heavy atom. The van der Waals surface area contributed by atoms with E-state index in [0.717, 1.165) is 5.56 Å². The number of alkyl carbamates (subject to hydrolysis) is 1. The largest absolute Gasteiger partial charge is 0.467 e. The second kappa shape index (κ2) is 8.33. The van der Waals surface area contributed by atoms with Gasteiger partial charge < -0.3 is 14.8 Å². The number of benzene rings is 2. The topological polar surface area (TPSA) is 64.6 Å². The second-order valence-corrected chi connectivity index (χ2v) is 5.54. The molecule has 0 fully saturated rings. The van der Waals surface area contributed by atoms with Gasteiger partial charge in [-0.3, -0.25) is 0 Å². The average Bonchev–Trinajstić information content (AvgIpc) is 2.59. The van der Waals surface area contributed by atoms with Crippen LogP contribution in [0.5, 0.6) is 0 Å². The highest BCUT2D eigenvalue weighted by molar-refractivity contribution is 9.10. The van der Waals surface area contributed by atoms with Crippen molar-refractivity contribution in [2.75, 3.05) is 7.11 Å². The zero-order valence-electron chi connectivity index (χ0n) is 12.5. The third-order valence-corrected chi connectivity index (χ3v) is 3.85. The van der Waals surface area contributed by atoms with Crippen molar-refractivity contribution >= 4 is 28.0 Å². The first-order valence-electron chi connectivity index (χ1n) is 6.91. The Morgan fingerprint density at radius 2 is 1.74 bits per heavy atom.